The molecule has 0 aliphatic carbocycles. The van der Waals surface area contributed by atoms with Crippen molar-refractivity contribution in [1.29, 1.82) is 0 Å². The SMILES string of the molecule is CN(C)S(=O)(=O)c1cccc(NC(=O)COC(=O)c2ccc(-c3cccc(C(F)(F)F)c3)o2)c1. The lowest BCUT2D eigenvalue weighted by molar-refractivity contribution is -0.137. The number of amides is 1. The molecule has 180 valence electrons. The quantitative estimate of drug-likeness (QED) is 0.496. The van der Waals surface area contributed by atoms with Crippen LogP contribution in [-0.2, 0) is 25.7 Å². The van der Waals surface area contributed by atoms with Crippen molar-refractivity contribution < 1.29 is 40.3 Å². The summed E-state index contributed by atoms with van der Waals surface area (Å²) in [6.07, 6.45) is -4.53. The van der Waals surface area contributed by atoms with Crippen molar-refractivity contribution in [3.63, 3.8) is 0 Å². The molecule has 1 N–H and O–H groups in total. The number of alkyl halides is 3. The number of nitrogens with one attached hydrogen (secondary N) is 1. The van der Waals surface area contributed by atoms with Gasteiger partial charge in [0.15, 0.2) is 6.61 Å². The van der Waals surface area contributed by atoms with Crippen LogP contribution in [0.25, 0.3) is 11.3 Å². The van der Waals surface area contributed by atoms with Crippen LogP contribution in [0.1, 0.15) is 16.1 Å². The maximum absolute atomic E-state index is 12.9. The van der Waals surface area contributed by atoms with Gasteiger partial charge in [-0.2, -0.15) is 13.2 Å². The molecule has 0 fully saturated rings. The molecule has 2 aromatic carbocycles. The molecule has 0 saturated heterocycles. The van der Waals surface area contributed by atoms with Gasteiger partial charge in [-0.05, 0) is 42.5 Å². The number of esters is 1. The Hall–Kier alpha value is -3.64. The second kappa shape index (κ2) is 9.69. The van der Waals surface area contributed by atoms with Gasteiger partial charge in [0.25, 0.3) is 5.91 Å². The normalized spacial score (nSPS) is 11.9. The zero-order chi connectivity index (χ0) is 25.1. The number of carbonyl (C=O) groups excluding carboxylic acids is 2. The maximum atomic E-state index is 12.9. The number of halogens is 3. The highest BCUT2D eigenvalue weighted by Crippen LogP contribution is 2.32. The summed E-state index contributed by atoms with van der Waals surface area (Å²) in [6, 6.07) is 12.4. The molecule has 0 radical (unpaired) electrons. The Morgan fingerprint density at radius 3 is 2.41 bits per heavy atom. The molecule has 0 atom stereocenters. The smallest absolute Gasteiger partial charge is 0.416 e. The van der Waals surface area contributed by atoms with Crippen molar-refractivity contribution in [2.45, 2.75) is 11.1 Å². The van der Waals surface area contributed by atoms with Crippen LogP contribution < -0.4 is 5.32 Å². The molecule has 3 rings (SSSR count). The minimum atomic E-state index is -4.53. The Bertz CT molecular complexity index is 1320. The zero-order valence-corrected chi connectivity index (χ0v) is 18.7. The topological polar surface area (TPSA) is 106 Å². The highest BCUT2D eigenvalue weighted by molar-refractivity contribution is 7.89. The van der Waals surface area contributed by atoms with Crippen LogP contribution in [0.15, 0.2) is 70.0 Å². The van der Waals surface area contributed by atoms with Crippen molar-refractivity contribution in [1.82, 2.24) is 4.31 Å². The third-order valence-electron chi connectivity index (χ3n) is 4.51. The number of ether oxygens (including phenoxy) is 1. The Morgan fingerprint density at radius 1 is 1.03 bits per heavy atom. The Balaban J connectivity index is 1.62. The number of benzene rings is 2. The summed E-state index contributed by atoms with van der Waals surface area (Å²) < 4.78 is 74.2. The fourth-order valence-electron chi connectivity index (χ4n) is 2.80. The van der Waals surface area contributed by atoms with Crippen LogP contribution in [0, 0.1) is 0 Å². The van der Waals surface area contributed by atoms with E-state index in [9.17, 15) is 31.2 Å². The molecule has 0 aliphatic heterocycles. The third-order valence-corrected chi connectivity index (χ3v) is 6.32. The highest BCUT2D eigenvalue weighted by atomic mass is 32.2. The number of carbonyl (C=O) groups is 2. The van der Waals surface area contributed by atoms with Crippen molar-refractivity contribution in [3.05, 3.63) is 72.0 Å². The molecule has 0 unspecified atom stereocenters. The van der Waals surface area contributed by atoms with Crippen LogP contribution in [0.2, 0.25) is 0 Å². The van der Waals surface area contributed by atoms with Gasteiger partial charge in [0.1, 0.15) is 5.76 Å². The minimum absolute atomic E-state index is 0.0152. The van der Waals surface area contributed by atoms with Crippen LogP contribution in [0.4, 0.5) is 18.9 Å². The minimum Gasteiger partial charge on any atom is -0.450 e. The largest absolute Gasteiger partial charge is 0.450 e. The fraction of sp³-hybridized carbons (Fsp3) is 0.182. The molecule has 8 nitrogen and oxygen atoms in total. The zero-order valence-electron chi connectivity index (χ0n) is 17.9. The monoisotopic (exact) mass is 496 g/mol. The number of furan rings is 1. The first-order valence-corrected chi connectivity index (χ1v) is 11.1. The lowest BCUT2D eigenvalue weighted by Gasteiger charge is -2.12. The number of anilines is 1. The molecule has 0 aliphatic rings. The van der Waals surface area contributed by atoms with Gasteiger partial charge in [-0.25, -0.2) is 17.5 Å². The standard InChI is InChI=1S/C22H19F3N2O6S/c1-27(2)34(30,31)17-8-4-7-16(12-17)26-20(28)13-32-21(29)19-10-9-18(33-19)14-5-3-6-15(11-14)22(23,24)25/h3-12H,13H2,1-2H3,(H,26,28). The number of rotatable bonds is 7. The van der Waals surface area contributed by atoms with E-state index in [0.717, 1.165) is 16.4 Å². The Labute approximate surface area is 193 Å². The summed E-state index contributed by atoms with van der Waals surface area (Å²) in [7, 11) is -0.970. The van der Waals surface area contributed by atoms with Crippen LogP contribution >= 0.6 is 0 Å². The van der Waals surface area contributed by atoms with E-state index < -0.39 is 40.2 Å². The molecular formula is C22H19F3N2O6S. The van der Waals surface area contributed by atoms with Gasteiger partial charge in [0.2, 0.25) is 15.8 Å². The van der Waals surface area contributed by atoms with E-state index in [1.54, 1.807) is 0 Å². The van der Waals surface area contributed by atoms with Crippen molar-refractivity contribution in [2.24, 2.45) is 0 Å². The maximum Gasteiger partial charge on any atom is 0.416 e. The Morgan fingerprint density at radius 2 is 1.74 bits per heavy atom. The van der Waals surface area contributed by atoms with Gasteiger partial charge in [0.05, 0.1) is 10.5 Å². The molecule has 12 heteroatoms. The van der Waals surface area contributed by atoms with E-state index in [2.05, 4.69) is 5.32 Å². The van der Waals surface area contributed by atoms with E-state index in [4.69, 9.17) is 9.15 Å². The lowest BCUT2D eigenvalue weighted by atomic mass is 10.1. The van der Waals surface area contributed by atoms with Gasteiger partial charge >= 0.3 is 12.1 Å². The van der Waals surface area contributed by atoms with Gasteiger partial charge < -0.3 is 14.5 Å². The summed E-state index contributed by atoms with van der Waals surface area (Å²) in [5, 5.41) is 2.42. The van der Waals surface area contributed by atoms with Gasteiger partial charge in [0, 0.05) is 25.3 Å². The molecule has 1 aromatic heterocycles. The second-order valence-corrected chi connectivity index (χ2v) is 9.33. The average Bonchev–Trinajstić information content (AvgIpc) is 3.27. The van der Waals surface area contributed by atoms with E-state index in [-0.39, 0.29) is 27.7 Å². The molecule has 0 spiro atoms. The molecular weight excluding hydrogens is 477 g/mol. The molecule has 1 amide bonds. The summed E-state index contributed by atoms with van der Waals surface area (Å²) >= 11 is 0. The average molecular weight is 496 g/mol. The molecule has 3 aromatic rings. The number of sulfonamides is 1. The summed E-state index contributed by atoms with van der Waals surface area (Å²) in [6.45, 7) is -0.705. The molecule has 0 bridgehead atoms. The molecule has 1 heterocycles. The van der Waals surface area contributed by atoms with E-state index in [1.165, 1.54) is 62.6 Å². The van der Waals surface area contributed by atoms with Crippen molar-refractivity contribution in [2.75, 3.05) is 26.0 Å². The predicted octanol–water partition coefficient (Wildman–Crippen LogP) is 4.01. The summed E-state index contributed by atoms with van der Waals surface area (Å²) in [5.74, 6) is -2.03. The van der Waals surface area contributed by atoms with Gasteiger partial charge in [-0.3, -0.25) is 4.79 Å². The van der Waals surface area contributed by atoms with E-state index >= 15 is 0 Å². The number of nitrogens with zero attached hydrogens (tertiary/aromatic N) is 1. The van der Waals surface area contributed by atoms with Crippen molar-refractivity contribution in [3.8, 4) is 11.3 Å². The van der Waals surface area contributed by atoms with E-state index in [1.807, 2.05) is 0 Å². The van der Waals surface area contributed by atoms with Gasteiger partial charge in [-0.1, -0.05) is 18.2 Å². The number of hydrogen-bond acceptors (Lipinski definition) is 6. The first kappa shape index (κ1) is 25.0. The van der Waals surface area contributed by atoms with Gasteiger partial charge in [-0.15, -0.1) is 0 Å². The molecule has 0 saturated carbocycles. The molecule has 34 heavy (non-hydrogen) atoms. The number of hydrogen-bond donors (Lipinski definition) is 1. The lowest BCUT2D eigenvalue weighted by Crippen LogP contribution is -2.23. The summed E-state index contributed by atoms with van der Waals surface area (Å²) in [4.78, 5) is 24.3. The second-order valence-electron chi connectivity index (χ2n) is 7.18. The highest BCUT2D eigenvalue weighted by Gasteiger charge is 2.30. The van der Waals surface area contributed by atoms with Crippen LogP contribution in [0.3, 0.4) is 0 Å². The fourth-order valence-corrected chi connectivity index (χ4v) is 3.74. The first-order chi connectivity index (χ1) is 15.9. The van der Waals surface area contributed by atoms with Crippen LogP contribution in [-0.4, -0.2) is 45.3 Å². The van der Waals surface area contributed by atoms with Crippen LogP contribution in [0.5, 0.6) is 0 Å². The first-order valence-electron chi connectivity index (χ1n) is 9.65. The Kier molecular flexibility index (Phi) is 7.12. The van der Waals surface area contributed by atoms with Crippen molar-refractivity contribution >= 4 is 27.6 Å². The van der Waals surface area contributed by atoms with E-state index in [0.29, 0.717) is 0 Å². The summed E-state index contributed by atoms with van der Waals surface area (Å²) in [5.41, 5.74) is -0.586. The third kappa shape index (κ3) is 5.83. The predicted molar refractivity (Wildman–Crippen MR) is 115 cm³/mol.